The molecule has 5 rings (SSSR count). The van der Waals surface area contributed by atoms with E-state index in [0.717, 1.165) is 17.1 Å². The summed E-state index contributed by atoms with van der Waals surface area (Å²) in [6.45, 7) is 3.00. The fourth-order valence-corrected chi connectivity index (χ4v) is 4.97. The maximum absolute atomic E-state index is 14.0. The van der Waals surface area contributed by atoms with Crippen LogP contribution in [0.1, 0.15) is 21.7 Å². The van der Waals surface area contributed by atoms with Crippen LogP contribution in [0.3, 0.4) is 0 Å². The van der Waals surface area contributed by atoms with Crippen molar-refractivity contribution >= 4 is 43.4 Å². The highest BCUT2D eigenvalue weighted by atomic mass is 79.9. The largest absolute Gasteiger partial charge is 0.433 e. The van der Waals surface area contributed by atoms with Crippen LogP contribution in [0.2, 0.25) is 0 Å². The predicted molar refractivity (Wildman–Crippen MR) is 136 cm³/mol. The summed E-state index contributed by atoms with van der Waals surface area (Å²) >= 11 is 6.64. The number of halogens is 5. The monoisotopic (exact) mass is 621 g/mol. The first-order valence-electron chi connectivity index (χ1n) is 11.2. The number of carbonyl (C=O) groups is 1. The van der Waals surface area contributed by atoms with Crippen molar-refractivity contribution in [3.8, 4) is 11.3 Å². The summed E-state index contributed by atoms with van der Waals surface area (Å²) in [5, 5.41) is 4.06. The van der Waals surface area contributed by atoms with E-state index in [1.807, 2.05) is 18.2 Å². The molecule has 1 amide bonds. The second-order valence-electron chi connectivity index (χ2n) is 8.48. The number of amides is 1. The highest BCUT2D eigenvalue weighted by molar-refractivity contribution is 9.11. The Labute approximate surface area is 222 Å². The van der Waals surface area contributed by atoms with Gasteiger partial charge < -0.3 is 4.90 Å². The van der Waals surface area contributed by atoms with E-state index in [4.69, 9.17) is 0 Å². The van der Waals surface area contributed by atoms with E-state index >= 15 is 0 Å². The van der Waals surface area contributed by atoms with Gasteiger partial charge >= 0.3 is 6.18 Å². The van der Waals surface area contributed by atoms with Gasteiger partial charge in [-0.15, -0.1) is 0 Å². The van der Waals surface area contributed by atoms with Gasteiger partial charge in [-0.1, -0.05) is 58.4 Å². The molecule has 1 aliphatic rings. The van der Waals surface area contributed by atoms with Crippen LogP contribution in [0.4, 0.5) is 13.2 Å². The maximum Gasteiger partial charge on any atom is 0.433 e. The van der Waals surface area contributed by atoms with Crippen molar-refractivity contribution in [1.29, 1.82) is 0 Å². The van der Waals surface area contributed by atoms with Gasteiger partial charge in [-0.25, -0.2) is 9.50 Å². The van der Waals surface area contributed by atoms with Gasteiger partial charge in [0.15, 0.2) is 17.0 Å². The molecule has 2 aromatic heterocycles. The first-order valence-corrected chi connectivity index (χ1v) is 12.8. The van der Waals surface area contributed by atoms with E-state index < -0.39 is 17.8 Å². The Morgan fingerprint density at radius 2 is 1.61 bits per heavy atom. The topological polar surface area (TPSA) is 53.7 Å². The molecule has 186 valence electrons. The van der Waals surface area contributed by atoms with E-state index in [-0.39, 0.29) is 21.5 Å². The number of carbonyl (C=O) groups excluding carboxylic acids is 1. The van der Waals surface area contributed by atoms with Crippen molar-refractivity contribution in [3.63, 3.8) is 0 Å². The van der Waals surface area contributed by atoms with Crippen LogP contribution >= 0.6 is 31.9 Å². The van der Waals surface area contributed by atoms with Gasteiger partial charge in [0.1, 0.15) is 0 Å². The van der Waals surface area contributed by atoms with E-state index in [1.54, 1.807) is 29.2 Å². The average Bonchev–Trinajstić information content (AvgIpc) is 3.20. The summed E-state index contributed by atoms with van der Waals surface area (Å²) in [5.74, 6) is -0.426. The third kappa shape index (κ3) is 5.05. The number of fused-ring (bicyclic) bond motifs is 1. The summed E-state index contributed by atoms with van der Waals surface area (Å²) in [6.07, 6.45) is -4.69. The number of piperazine rings is 1. The van der Waals surface area contributed by atoms with Crippen molar-refractivity contribution in [3.05, 3.63) is 86.6 Å². The number of hydrogen-bond acceptors (Lipinski definition) is 4. The smallest absolute Gasteiger partial charge is 0.335 e. The van der Waals surface area contributed by atoms with Crippen LogP contribution in [-0.4, -0.2) is 56.5 Å². The lowest BCUT2D eigenvalue weighted by molar-refractivity contribution is -0.142. The van der Waals surface area contributed by atoms with E-state index in [1.165, 1.54) is 5.56 Å². The summed E-state index contributed by atoms with van der Waals surface area (Å²) in [4.78, 5) is 21.6. The highest BCUT2D eigenvalue weighted by Crippen LogP contribution is 2.35. The quantitative estimate of drug-likeness (QED) is 0.285. The lowest BCUT2D eigenvalue weighted by Gasteiger charge is -2.34. The minimum absolute atomic E-state index is 0.0613. The molecule has 4 aromatic rings. The zero-order valence-electron chi connectivity index (χ0n) is 18.8. The zero-order valence-corrected chi connectivity index (χ0v) is 22.0. The van der Waals surface area contributed by atoms with Gasteiger partial charge in [-0.05, 0) is 39.7 Å². The molecule has 0 unspecified atom stereocenters. The van der Waals surface area contributed by atoms with Gasteiger partial charge in [-0.3, -0.25) is 9.69 Å². The van der Waals surface area contributed by atoms with Gasteiger partial charge in [0.25, 0.3) is 5.91 Å². The molecule has 0 N–H and O–H groups in total. The summed E-state index contributed by atoms with van der Waals surface area (Å²) in [7, 11) is 0. The lowest BCUT2D eigenvalue weighted by atomic mass is 10.1. The number of alkyl halides is 3. The van der Waals surface area contributed by atoms with Gasteiger partial charge in [0.2, 0.25) is 0 Å². The summed E-state index contributed by atoms with van der Waals surface area (Å²) < 4.78 is 43.6. The predicted octanol–water partition coefficient (Wildman–Crippen LogP) is 5.90. The Balaban J connectivity index is 1.43. The molecular weight excluding hydrogens is 603 g/mol. The van der Waals surface area contributed by atoms with Gasteiger partial charge in [0.05, 0.1) is 10.2 Å². The number of benzene rings is 2. The molecule has 11 heteroatoms. The molecule has 0 radical (unpaired) electrons. The third-order valence-electron chi connectivity index (χ3n) is 6.07. The summed E-state index contributed by atoms with van der Waals surface area (Å²) in [6, 6.07) is 17.8. The van der Waals surface area contributed by atoms with Crippen LogP contribution in [0.5, 0.6) is 0 Å². The van der Waals surface area contributed by atoms with Crippen molar-refractivity contribution in [2.24, 2.45) is 0 Å². The Morgan fingerprint density at radius 3 is 2.25 bits per heavy atom. The maximum atomic E-state index is 14.0. The fourth-order valence-electron chi connectivity index (χ4n) is 4.20. The van der Waals surface area contributed by atoms with E-state index in [0.29, 0.717) is 36.3 Å². The number of rotatable bonds is 4. The molecule has 0 aliphatic carbocycles. The normalized spacial score (nSPS) is 15.0. The van der Waals surface area contributed by atoms with Crippen LogP contribution in [0, 0.1) is 0 Å². The van der Waals surface area contributed by atoms with Crippen LogP contribution in [0.15, 0.2) is 69.6 Å². The molecule has 0 atom stereocenters. The molecule has 36 heavy (non-hydrogen) atoms. The number of nitrogens with zero attached hydrogens (tertiary/aromatic N) is 5. The Hall–Kier alpha value is -2.76. The molecule has 1 aliphatic heterocycles. The van der Waals surface area contributed by atoms with Gasteiger partial charge in [0, 0.05) is 42.8 Å². The van der Waals surface area contributed by atoms with E-state index in [9.17, 15) is 18.0 Å². The molecule has 0 spiro atoms. The second-order valence-corrected chi connectivity index (χ2v) is 10.2. The second kappa shape index (κ2) is 9.95. The van der Waals surface area contributed by atoms with Crippen LogP contribution in [0.25, 0.3) is 16.9 Å². The molecule has 1 fully saturated rings. The third-order valence-corrected chi connectivity index (χ3v) is 7.33. The molecule has 0 saturated carbocycles. The highest BCUT2D eigenvalue weighted by Gasteiger charge is 2.37. The summed E-state index contributed by atoms with van der Waals surface area (Å²) in [5.41, 5.74) is 0.690. The number of aromatic nitrogens is 3. The molecular formula is C25H20Br2F3N5O. The van der Waals surface area contributed by atoms with Crippen molar-refractivity contribution < 1.29 is 18.0 Å². The van der Waals surface area contributed by atoms with Gasteiger partial charge in [-0.2, -0.15) is 18.3 Å². The zero-order chi connectivity index (χ0) is 25.4. The number of hydrogen-bond donors (Lipinski definition) is 0. The minimum atomic E-state index is -4.69. The molecule has 1 saturated heterocycles. The minimum Gasteiger partial charge on any atom is -0.335 e. The molecule has 3 heterocycles. The Bertz CT molecular complexity index is 1400. The Kier molecular flexibility index (Phi) is 6.88. The van der Waals surface area contributed by atoms with Crippen LogP contribution in [-0.2, 0) is 12.7 Å². The van der Waals surface area contributed by atoms with Crippen molar-refractivity contribution in [2.75, 3.05) is 26.2 Å². The Morgan fingerprint density at radius 1 is 0.944 bits per heavy atom. The van der Waals surface area contributed by atoms with Crippen LogP contribution < -0.4 is 0 Å². The first kappa shape index (κ1) is 24.9. The molecule has 2 aromatic carbocycles. The lowest BCUT2D eigenvalue weighted by Crippen LogP contribution is -2.48. The van der Waals surface area contributed by atoms with E-state index in [2.05, 4.69) is 59.0 Å². The molecule has 0 bridgehead atoms. The van der Waals surface area contributed by atoms with Crippen molar-refractivity contribution in [1.82, 2.24) is 24.4 Å². The standard InChI is InChI=1S/C25H20Br2F3N5O/c26-18-8-6-17(7-9-18)19-14-20(25(28,29)30)35-23(31-19)21(27)22(32-35)24(36)34-12-10-33(11-13-34)15-16-4-2-1-3-5-16/h1-9,14H,10-13,15H2. The average molecular weight is 623 g/mol. The van der Waals surface area contributed by atoms with Crippen molar-refractivity contribution in [2.45, 2.75) is 12.7 Å². The SMILES string of the molecule is O=C(c1nn2c(C(F)(F)F)cc(-c3ccc(Br)cc3)nc2c1Br)N1CCN(Cc2ccccc2)CC1. The first-order chi connectivity index (χ1) is 17.2. The molecule has 6 nitrogen and oxygen atoms in total. The fraction of sp³-hybridized carbons (Fsp3) is 0.240.